The predicted octanol–water partition coefficient (Wildman–Crippen LogP) is 1.35. The number of carbonyl (C=O) groups excluding carboxylic acids is 2. The molecule has 0 bridgehead atoms. The fourth-order valence-corrected chi connectivity index (χ4v) is 1.94. The summed E-state index contributed by atoms with van der Waals surface area (Å²) in [6, 6.07) is 6.01. The monoisotopic (exact) mass is 237 g/mol. The van der Waals surface area contributed by atoms with Crippen LogP contribution in [0.3, 0.4) is 0 Å². The van der Waals surface area contributed by atoms with E-state index in [1.54, 1.807) is 12.1 Å². The molecule has 0 aliphatic carbocycles. The highest BCUT2D eigenvalue weighted by atomic mass is 19.1. The van der Waals surface area contributed by atoms with E-state index < -0.39 is 17.7 Å². The number of benzene rings is 1. The lowest BCUT2D eigenvalue weighted by molar-refractivity contribution is -0.145. The first-order valence-electron chi connectivity index (χ1n) is 5.26. The molecule has 0 unspecified atom stereocenters. The van der Waals surface area contributed by atoms with Crippen LogP contribution in [0.4, 0.5) is 10.1 Å². The lowest BCUT2D eigenvalue weighted by Crippen LogP contribution is -2.26. The number of hydrogen-bond donors (Lipinski definition) is 0. The summed E-state index contributed by atoms with van der Waals surface area (Å²) in [5.74, 6) is -1.67. The summed E-state index contributed by atoms with van der Waals surface area (Å²) in [6.45, 7) is 0.173. The van der Waals surface area contributed by atoms with Crippen LogP contribution in [0, 0.1) is 11.7 Å². The summed E-state index contributed by atoms with van der Waals surface area (Å²) in [5, 5.41) is 0. The molecule has 90 valence electrons. The van der Waals surface area contributed by atoms with E-state index in [0.717, 1.165) is 0 Å². The van der Waals surface area contributed by atoms with Crippen LogP contribution < -0.4 is 4.90 Å². The minimum Gasteiger partial charge on any atom is -0.469 e. The van der Waals surface area contributed by atoms with Crippen LogP contribution in [0.1, 0.15) is 6.42 Å². The van der Waals surface area contributed by atoms with Gasteiger partial charge in [0.05, 0.1) is 18.7 Å². The van der Waals surface area contributed by atoms with Gasteiger partial charge in [0.2, 0.25) is 5.91 Å². The number of methoxy groups -OCH3 is 1. The number of rotatable bonds is 2. The number of ether oxygens (including phenoxy) is 1. The average Bonchev–Trinajstić information content (AvgIpc) is 2.71. The Labute approximate surface area is 98.0 Å². The van der Waals surface area contributed by atoms with E-state index in [1.807, 2.05) is 0 Å². The highest BCUT2D eigenvalue weighted by Crippen LogP contribution is 2.27. The highest BCUT2D eigenvalue weighted by molar-refractivity contribution is 5.99. The first kappa shape index (κ1) is 11.6. The molecule has 17 heavy (non-hydrogen) atoms. The Morgan fingerprint density at radius 1 is 1.47 bits per heavy atom. The van der Waals surface area contributed by atoms with Crippen molar-refractivity contribution >= 4 is 17.6 Å². The van der Waals surface area contributed by atoms with Gasteiger partial charge in [0.15, 0.2) is 0 Å². The van der Waals surface area contributed by atoms with Crippen molar-refractivity contribution in [2.75, 3.05) is 18.6 Å². The fraction of sp³-hybridized carbons (Fsp3) is 0.333. The van der Waals surface area contributed by atoms with E-state index in [-0.39, 0.29) is 24.6 Å². The minimum absolute atomic E-state index is 0.0704. The van der Waals surface area contributed by atoms with Gasteiger partial charge in [-0.25, -0.2) is 4.39 Å². The summed E-state index contributed by atoms with van der Waals surface area (Å²) in [5.41, 5.74) is 0.212. The maximum Gasteiger partial charge on any atom is 0.311 e. The summed E-state index contributed by atoms with van der Waals surface area (Å²) >= 11 is 0. The van der Waals surface area contributed by atoms with Crippen LogP contribution in [0.5, 0.6) is 0 Å². The molecule has 0 radical (unpaired) electrons. The number of carbonyl (C=O) groups is 2. The maximum atomic E-state index is 13.5. The summed E-state index contributed by atoms with van der Waals surface area (Å²) in [7, 11) is 1.28. The first-order chi connectivity index (χ1) is 8.13. The molecule has 0 spiro atoms. The smallest absolute Gasteiger partial charge is 0.311 e. The molecule has 1 aliphatic rings. The average molecular weight is 237 g/mol. The fourth-order valence-electron chi connectivity index (χ4n) is 1.94. The third-order valence-corrected chi connectivity index (χ3v) is 2.80. The van der Waals surface area contributed by atoms with E-state index in [9.17, 15) is 14.0 Å². The quantitative estimate of drug-likeness (QED) is 0.729. The third-order valence-electron chi connectivity index (χ3n) is 2.80. The summed E-state index contributed by atoms with van der Waals surface area (Å²) in [6.07, 6.45) is 0.0704. The van der Waals surface area contributed by atoms with Gasteiger partial charge in [-0.05, 0) is 12.1 Å². The number of halogens is 1. The Balaban J connectivity index is 2.22. The second kappa shape index (κ2) is 4.53. The number of hydrogen-bond acceptors (Lipinski definition) is 3. The minimum atomic E-state index is -0.507. The maximum absolute atomic E-state index is 13.5. The van der Waals surface area contributed by atoms with Crippen LogP contribution in [-0.4, -0.2) is 25.5 Å². The van der Waals surface area contributed by atoms with Gasteiger partial charge in [-0.1, -0.05) is 12.1 Å². The van der Waals surface area contributed by atoms with Crippen LogP contribution in [-0.2, 0) is 14.3 Å². The molecule has 1 fully saturated rings. The van der Waals surface area contributed by atoms with Crippen molar-refractivity contribution in [3.63, 3.8) is 0 Å². The zero-order chi connectivity index (χ0) is 12.4. The van der Waals surface area contributed by atoms with Gasteiger partial charge in [-0.15, -0.1) is 0 Å². The molecule has 1 aromatic rings. The normalized spacial score (nSPS) is 19.5. The van der Waals surface area contributed by atoms with Gasteiger partial charge in [-0.3, -0.25) is 9.59 Å². The van der Waals surface area contributed by atoms with Crippen molar-refractivity contribution in [2.45, 2.75) is 6.42 Å². The zero-order valence-corrected chi connectivity index (χ0v) is 9.35. The molecular formula is C12H12FNO3. The predicted molar refractivity (Wildman–Crippen MR) is 58.9 cm³/mol. The molecule has 2 rings (SSSR count). The van der Waals surface area contributed by atoms with Gasteiger partial charge >= 0.3 is 5.97 Å². The molecule has 0 saturated carbocycles. The Hall–Kier alpha value is -1.91. The van der Waals surface area contributed by atoms with Crippen molar-refractivity contribution < 1.29 is 18.7 Å². The van der Waals surface area contributed by atoms with Crippen LogP contribution >= 0.6 is 0 Å². The van der Waals surface area contributed by atoms with Crippen molar-refractivity contribution in [3.8, 4) is 0 Å². The van der Waals surface area contributed by atoms with E-state index in [4.69, 9.17) is 0 Å². The zero-order valence-electron chi connectivity index (χ0n) is 9.35. The topological polar surface area (TPSA) is 46.6 Å². The van der Waals surface area contributed by atoms with Crippen LogP contribution in [0.2, 0.25) is 0 Å². The van der Waals surface area contributed by atoms with Gasteiger partial charge in [-0.2, -0.15) is 0 Å². The van der Waals surface area contributed by atoms with Crippen LogP contribution in [0.25, 0.3) is 0 Å². The number of nitrogens with zero attached hydrogens (tertiary/aromatic N) is 1. The lowest BCUT2D eigenvalue weighted by atomic mass is 10.1. The Morgan fingerprint density at radius 3 is 2.82 bits per heavy atom. The molecular weight excluding hydrogens is 225 g/mol. The summed E-state index contributed by atoms with van der Waals surface area (Å²) in [4.78, 5) is 24.3. The Bertz CT molecular complexity index is 461. The van der Waals surface area contributed by atoms with Gasteiger partial charge < -0.3 is 9.64 Å². The van der Waals surface area contributed by atoms with Gasteiger partial charge in [0.25, 0.3) is 0 Å². The van der Waals surface area contributed by atoms with Crippen molar-refractivity contribution in [2.24, 2.45) is 5.92 Å². The van der Waals surface area contributed by atoms with Crippen molar-refractivity contribution in [1.82, 2.24) is 0 Å². The van der Waals surface area contributed by atoms with Crippen molar-refractivity contribution in [3.05, 3.63) is 30.1 Å². The lowest BCUT2D eigenvalue weighted by Gasteiger charge is -2.16. The largest absolute Gasteiger partial charge is 0.469 e. The molecule has 1 heterocycles. The van der Waals surface area contributed by atoms with E-state index in [0.29, 0.717) is 0 Å². The van der Waals surface area contributed by atoms with E-state index in [1.165, 1.54) is 24.1 Å². The molecule has 5 heteroatoms. The number of anilines is 1. The molecule has 0 N–H and O–H groups in total. The SMILES string of the molecule is COC(=O)[C@H]1CC(=O)N(c2ccccc2F)C1. The Kier molecular flexibility index (Phi) is 3.08. The first-order valence-corrected chi connectivity index (χ1v) is 5.26. The Morgan fingerprint density at radius 2 is 2.18 bits per heavy atom. The van der Waals surface area contributed by atoms with Gasteiger partial charge in [0.1, 0.15) is 5.82 Å². The number of amides is 1. The molecule has 1 aromatic carbocycles. The molecule has 1 atom stereocenters. The molecule has 4 nitrogen and oxygen atoms in total. The van der Waals surface area contributed by atoms with Gasteiger partial charge in [0, 0.05) is 13.0 Å². The molecule has 1 amide bonds. The number of esters is 1. The highest BCUT2D eigenvalue weighted by Gasteiger charge is 2.36. The number of para-hydroxylation sites is 1. The molecule has 0 aromatic heterocycles. The second-order valence-corrected chi connectivity index (χ2v) is 3.88. The third kappa shape index (κ3) is 2.13. The van der Waals surface area contributed by atoms with Crippen LogP contribution in [0.15, 0.2) is 24.3 Å². The van der Waals surface area contributed by atoms with Crippen molar-refractivity contribution in [1.29, 1.82) is 0 Å². The molecule has 1 saturated heterocycles. The standard InChI is InChI=1S/C12H12FNO3/c1-17-12(16)8-6-11(15)14(7-8)10-5-3-2-4-9(10)13/h2-5,8H,6-7H2,1H3/t8-/m0/s1. The second-order valence-electron chi connectivity index (χ2n) is 3.88. The molecule has 1 aliphatic heterocycles. The van der Waals surface area contributed by atoms with E-state index >= 15 is 0 Å². The van der Waals surface area contributed by atoms with E-state index in [2.05, 4.69) is 4.74 Å². The summed E-state index contributed by atoms with van der Waals surface area (Å²) < 4.78 is 18.1.